The molecule has 4 N–H and O–H groups in total. The highest BCUT2D eigenvalue weighted by Crippen LogP contribution is 2.67. The van der Waals surface area contributed by atoms with Gasteiger partial charge in [-0.2, -0.15) is 0 Å². The second-order valence-corrected chi connectivity index (χ2v) is 13.2. The SMILES string of the molecule is CC(=O)O[C@H]1[C@H](O)C[C@]2(C)C(CC[C@H](C)C23Cc2c(O)cc4c(c2O3)CN([C@H](CCC(=O)O)C(=O)O)C4=O)C1(C)C. The summed E-state index contributed by atoms with van der Waals surface area (Å²) in [6, 6.07) is 0.0146. The first-order valence-corrected chi connectivity index (χ1v) is 14.2. The number of aliphatic hydroxyl groups excluding tert-OH is 1. The highest BCUT2D eigenvalue weighted by Gasteiger charge is 2.69. The highest BCUT2D eigenvalue weighted by molar-refractivity contribution is 6.02. The number of rotatable bonds is 6. The number of phenolic OH excluding ortho intramolecular Hbond substituents is 1. The minimum Gasteiger partial charge on any atom is -0.508 e. The standard InChI is InChI=1S/C30H39NO10/c1-14-6-8-22-28(3,4)25(40-15(2)32)21(34)12-29(22,5)30(14)11-17-20(33)10-16-18(24(17)41-30)13-31(26(16)37)19(27(38)39)7-9-23(35)36/h10,14,19,21-22,25,33-34H,6-9,11-13H2,1-5H3,(H,35,36)(H,38,39)/t14-,19+,21+,22?,25-,29+,30?/m0/s1. The van der Waals surface area contributed by atoms with Gasteiger partial charge in [-0.25, -0.2) is 4.79 Å². The van der Waals surface area contributed by atoms with E-state index >= 15 is 0 Å². The quantitative estimate of drug-likeness (QED) is 0.371. The lowest BCUT2D eigenvalue weighted by molar-refractivity contribution is -0.246. The zero-order valence-corrected chi connectivity index (χ0v) is 24.1. The molecule has 1 aromatic rings. The maximum atomic E-state index is 13.4. The van der Waals surface area contributed by atoms with Crippen LogP contribution in [0, 0.1) is 22.7 Å². The van der Waals surface area contributed by atoms with Crippen molar-refractivity contribution in [2.24, 2.45) is 22.7 Å². The number of carboxylic acids is 2. The fraction of sp³-hybridized carbons (Fsp3) is 0.667. The van der Waals surface area contributed by atoms with E-state index in [1.807, 2.05) is 13.8 Å². The van der Waals surface area contributed by atoms with Gasteiger partial charge in [0.2, 0.25) is 0 Å². The second-order valence-electron chi connectivity index (χ2n) is 13.2. The number of aliphatic carboxylic acids is 2. The van der Waals surface area contributed by atoms with E-state index in [4.69, 9.17) is 14.6 Å². The summed E-state index contributed by atoms with van der Waals surface area (Å²) in [5, 5.41) is 41.4. The Morgan fingerprint density at radius 1 is 1.17 bits per heavy atom. The molecule has 11 nitrogen and oxygen atoms in total. The molecule has 0 radical (unpaired) electrons. The largest absolute Gasteiger partial charge is 0.508 e. The van der Waals surface area contributed by atoms with E-state index in [-0.39, 0.29) is 36.1 Å². The number of esters is 1. The molecule has 5 rings (SSSR count). The molecule has 1 spiro atoms. The molecule has 2 aliphatic heterocycles. The zero-order valence-electron chi connectivity index (χ0n) is 24.1. The van der Waals surface area contributed by atoms with Crippen molar-refractivity contribution in [1.82, 2.24) is 4.90 Å². The van der Waals surface area contributed by atoms with Gasteiger partial charge in [0, 0.05) is 41.7 Å². The maximum Gasteiger partial charge on any atom is 0.326 e. The molecule has 2 saturated carbocycles. The smallest absolute Gasteiger partial charge is 0.326 e. The predicted octanol–water partition coefficient (Wildman–Crippen LogP) is 3.11. The van der Waals surface area contributed by atoms with Gasteiger partial charge in [0.05, 0.1) is 18.2 Å². The second kappa shape index (κ2) is 9.61. The van der Waals surface area contributed by atoms with Gasteiger partial charge < -0.3 is 34.8 Å². The Hall–Kier alpha value is -3.34. The van der Waals surface area contributed by atoms with E-state index in [1.165, 1.54) is 13.0 Å². The van der Waals surface area contributed by atoms with Crippen LogP contribution in [0.5, 0.6) is 11.5 Å². The predicted molar refractivity (Wildman–Crippen MR) is 143 cm³/mol. The van der Waals surface area contributed by atoms with Crippen LogP contribution in [0.1, 0.15) is 88.2 Å². The molecule has 0 saturated heterocycles. The average molecular weight is 574 g/mol. The number of nitrogens with zero attached hydrogens (tertiary/aromatic N) is 1. The van der Waals surface area contributed by atoms with Gasteiger partial charge in [-0.05, 0) is 43.6 Å². The summed E-state index contributed by atoms with van der Waals surface area (Å²) in [5.41, 5.74) is -0.874. The lowest BCUT2D eigenvalue weighted by Gasteiger charge is -2.65. The van der Waals surface area contributed by atoms with E-state index in [0.29, 0.717) is 29.7 Å². The molecule has 1 aromatic carbocycles. The molecule has 224 valence electrons. The first kappa shape index (κ1) is 29.2. The van der Waals surface area contributed by atoms with Gasteiger partial charge in [0.25, 0.3) is 5.91 Å². The van der Waals surface area contributed by atoms with E-state index < -0.39 is 64.9 Å². The Balaban J connectivity index is 1.55. The fourth-order valence-corrected chi connectivity index (χ4v) is 8.75. The molecule has 2 unspecified atom stereocenters. The number of benzene rings is 1. The number of aromatic hydroxyl groups is 1. The molecule has 4 aliphatic rings. The Morgan fingerprint density at radius 3 is 2.46 bits per heavy atom. The Morgan fingerprint density at radius 2 is 1.85 bits per heavy atom. The number of carbonyl (C=O) groups is 4. The van der Waals surface area contributed by atoms with Crippen molar-refractivity contribution in [3.05, 3.63) is 22.8 Å². The molecule has 2 aliphatic carbocycles. The average Bonchev–Trinajstić information content (AvgIpc) is 3.41. The van der Waals surface area contributed by atoms with Gasteiger partial charge in [0.15, 0.2) is 0 Å². The Labute approximate surface area is 238 Å². The maximum absolute atomic E-state index is 13.4. The van der Waals surface area contributed by atoms with Crippen LogP contribution in [0.15, 0.2) is 6.07 Å². The zero-order chi connectivity index (χ0) is 30.2. The fourth-order valence-electron chi connectivity index (χ4n) is 8.75. The number of aliphatic hydroxyl groups is 1. The van der Waals surface area contributed by atoms with Crippen LogP contribution < -0.4 is 4.74 Å². The number of amides is 1. The molecule has 7 atom stereocenters. The van der Waals surface area contributed by atoms with Crippen LogP contribution in [0.25, 0.3) is 0 Å². The third-order valence-electron chi connectivity index (χ3n) is 10.6. The monoisotopic (exact) mass is 573 g/mol. The van der Waals surface area contributed by atoms with Crippen molar-refractivity contribution < 1.29 is 49.1 Å². The number of carbonyl (C=O) groups excluding carboxylic acids is 2. The summed E-state index contributed by atoms with van der Waals surface area (Å²) >= 11 is 0. The molecule has 0 aromatic heterocycles. The summed E-state index contributed by atoms with van der Waals surface area (Å²) in [7, 11) is 0. The van der Waals surface area contributed by atoms with Crippen LogP contribution in [-0.4, -0.2) is 73.0 Å². The molecular formula is C30H39NO10. The van der Waals surface area contributed by atoms with Crippen molar-refractivity contribution in [2.75, 3.05) is 0 Å². The first-order valence-electron chi connectivity index (χ1n) is 14.2. The number of ether oxygens (including phenoxy) is 2. The minimum absolute atomic E-state index is 0.00556. The van der Waals surface area contributed by atoms with Crippen LogP contribution in [0.3, 0.4) is 0 Å². The topological polar surface area (TPSA) is 171 Å². The van der Waals surface area contributed by atoms with Crippen molar-refractivity contribution in [3.63, 3.8) is 0 Å². The lowest BCUT2D eigenvalue weighted by Crippen LogP contribution is -2.69. The van der Waals surface area contributed by atoms with Gasteiger partial charge >= 0.3 is 17.9 Å². The molecule has 2 heterocycles. The van der Waals surface area contributed by atoms with Crippen LogP contribution in [0.2, 0.25) is 0 Å². The summed E-state index contributed by atoms with van der Waals surface area (Å²) in [6.07, 6.45) is -0.0166. The highest BCUT2D eigenvalue weighted by atomic mass is 16.6. The normalized spacial score (nSPS) is 33.9. The molecule has 0 bridgehead atoms. The van der Waals surface area contributed by atoms with E-state index in [1.54, 1.807) is 0 Å². The Bertz CT molecular complexity index is 1320. The molecule has 2 fully saturated rings. The summed E-state index contributed by atoms with van der Waals surface area (Å²) in [6.45, 7) is 9.45. The Kier molecular flexibility index (Phi) is 6.83. The molecular weight excluding hydrogens is 534 g/mol. The van der Waals surface area contributed by atoms with E-state index in [2.05, 4.69) is 13.8 Å². The van der Waals surface area contributed by atoms with Crippen molar-refractivity contribution >= 4 is 23.8 Å². The summed E-state index contributed by atoms with van der Waals surface area (Å²) < 4.78 is 12.6. The minimum atomic E-state index is -1.35. The molecule has 11 heteroatoms. The van der Waals surface area contributed by atoms with Gasteiger partial charge in [-0.3, -0.25) is 14.4 Å². The third-order valence-corrected chi connectivity index (χ3v) is 10.6. The van der Waals surface area contributed by atoms with Crippen molar-refractivity contribution in [2.45, 2.75) is 104 Å². The van der Waals surface area contributed by atoms with Crippen molar-refractivity contribution in [1.29, 1.82) is 0 Å². The summed E-state index contributed by atoms with van der Waals surface area (Å²) in [5.74, 6) is -3.26. The first-order chi connectivity index (χ1) is 19.0. The third kappa shape index (κ3) is 4.18. The molecule has 41 heavy (non-hydrogen) atoms. The van der Waals surface area contributed by atoms with Gasteiger partial charge in [0.1, 0.15) is 29.2 Å². The van der Waals surface area contributed by atoms with Gasteiger partial charge in [-0.15, -0.1) is 0 Å². The van der Waals surface area contributed by atoms with Gasteiger partial charge in [-0.1, -0.05) is 27.7 Å². The number of fused-ring (bicyclic) bond motifs is 5. The lowest BCUT2D eigenvalue weighted by atomic mass is 9.43. The summed E-state index contributed by atoms with van der Waals surface area (Å²) in [4.78, 5) is 49.6. The van der Waals surface area contributed by atoms with Crippen molar-refractivity contribution in [3.8, 4) is 11.5 Å². The number of hydrogen-bond acceptors (Lipinski definition) is 8. The van der Waals surface area contributed by atoms with Crippen LogP contribution in [-0.2, 0) is 32.1 Å². The number of phenols is 1. The number of carboxylic acid groups (broad SMARTS) is 2. The van der Waals surface area contributed by atoms with Crippen LogP contribution >= 0.6 is 0 Å². The molecule has 1 amide bonds. The van der Waals surface area contributed by atoms with Crippen LogP contribution in [0.4, 0.5) is 0 Å². The number of hydrogen-bond donors (Lipinski definition) is 4. The van der Waals surface area contributed by atoms with E-state index in [0.717, 1.165) is 17.7 Å². The van der Waals surface area contributed by atoms with E-state index in [9.17, 15) is 34.5 Å².